The molecule has 0 saturated heterocycles. The van der Waals surface area contributed by atoms with Crippen LogP contribution < -0.4 is 5.01 Å². The molecule has 126 valence electrons. The molecule has 1 atom stereocenters. The average molecular weight is 405 g/mol. The summed E-state index contributed by atoms with van der Waals surface area (Å²) in [5, 5.41) is 12.2. The highest BCUT2D eigenvalue weighted by molar-refractivity contribution is 7.11. The average Bonchev–Trinajstić information content (AvgIpc) is 3.36. The molecule has 1 aliphatic heterocycles. The maximum atomic E-state index is 6.21. The predicted molar refractivity (Wildman–Crippen MR) is 111 cm³/mol. The van der Waals surface area contributed by atoms with Crippen LogP contribution in [0, 0.1) is 0 Å². The van der Waals surface area contributed by atoms with E-state index in [2.05, 4.69) is 47.2 Å². The Hall–Kier alpha value is -1.59. The van der Waals surface area contributed by atoms with E-state index in [0.717, 1.165) is 17.8 Å². The zero-order valence-electron chi connectivity index (χ0n) is 13.1. The smallest absolute Gasteiger partial charge is 0.0923 e. The second kappa shape index (κ2) is 7.34. The van der Waals surface area contributed by atoms with E-state index >= 15 is 0 Å². The van der Waals surface area contributed by atoms with Gasteiger partial charge in [0.1, 0.15) is 0 Å². The number of thiophene rings is 2. The van der Waals surface area contributed by atoms with Crippen LogP contribution in [0.2, 0.25) is 10.0 Å². The van der Waals surface area contributed by atoms with Crippen LogP contribution in [0.25, 0.3) is 6.08 Å². The third-order valence-corrected chi connectivity index (χ3v) is 6.51. The van der Waals surface area contributed by atoms with Gasteiger partial charge in [0.15, 0.2) is 0 Å². The minimum atomic E-state index is 0.181. The van der Waals surface area contributed by atoms with Crippen molar-refractivity contribution in [1.82, 2.24) is 0 Å². The highest BCUT2D eigenvalue weighted by Gasteiger charge is 2.29. The third-order valence-electron chi connectivity index (χ3n) is 3.96. The molecule has 25 heavy (non-hydrogen) atoms. The van der Waals surface area contributed by atoms with Crippen molar-refractivity contribution in [2.24, 2.45) is 5.10 Å². The van der Waals surface area contributed by atoms with Crippen LogP contribution in [0.15, 0.2) is 64.4 Å². The summed E-state index contributed by atoms with van der Waals surface area (Å²) in [4.78, 5) is 2.51. The monoisotopic (exact) mass is 404 g/mol. The summed E-state index contributed by atoms with van der Waals surface area (Å²) in [5.41, 5.74) is 2.00. The SMILES string of the molecule is Clc1ccc(N2N=C(/C=C/c3cccs3)C[C@H]2c2cccs2)cc1Cl. The van der Waals surface area contributed by atoms with Gasteiger partial charge in [-0.25, -0.2) is 0 Å². The molecule has 2 aromatic heterocycles. The Kier molecular flexibility index (Phi) is 4.95. The van der Waals surface area contributed by atoms with Gasteiger partial charge in [0.05, 0.1) is 27.5 Å². The molecule has 3 heterocycles. The van der Waals surface area contributed by atoms with Crippen LogP contribution in [-0.4, -0.2) is 5.71 Å². The first-order valence-electron chi connectivity index (χ1n) is 7.77. The first-order valence-corrected chi connectivity index (χ1v) is 10.3. The molecular weight excluding hydrogens is 391 g/mol. The molecule has 0 radical (unpaired) electrons. The largest absolute Gasteiger partial charge is 0.257 e. The van der Waals surface area contributed by atoms with Crippen LogP contribution in [0.4, 0.5) is 5.69 Å². The third kappa shape index (κ3) is 3.67. The van der Waals surface area contributed by atoms with E-state index in [1.165, 1.54) is 9.75 Å². The quantitative estimate of drug-likeness (QED) is 0.451. The molecule has 0 amide bonds. The summed E-state index contributed by atoms with van der Waals surface area (Å²) in [6.07, 6.45) is 5.08. The van der Waals surface area contributed by atoms with E-state index in [9.17, 15) is 0 Å². The maximum Gasteiger partial charge on any atom is 0.0923 e. The number of rotatable bonds is 4. The molecule has 0 saturated carbocycles. The van der Waals surface area contributed by atoms with Crippen molar-refractivity contribution in [2.45, 2.75) is 12.5 Å². The van der Waals surface area contributed by atoms with Gasteiger partial charge in [-0.2, -0.15) is 5.10 Å². The number of halogens is 2. The van der Waals surface area contributed by atoms with Crippen molar-refractivity contribution in [3.8, 4) is 0 Å². The predicted octanol–water partition coefficient (Wildman–Crippen LogP) is 7.14. The minimum absolute atomic E-state index is 0.181. The Morgan fingerprint density at radius 3 is 2.56 bits per heavy atom. The summed E-state index contributed by atoms with van der Waals surface area (Å²) in [6, 6.07) is 14.2. The molecule has 3 aromatic rings. The van der Waals surface area contributed by atoms with Crippen LogP contribution in [0.1, 0.15) is 22.2 Å². The fourth-order valence-electron chi connectivity index (χ4n) is 2.77. The lowest BCUT2D eigenvalue weighted by molar-refractivity contribution is 0.722. The lowest BCUT2D eigenvalue weighted by atomic mass is 10.1. The molecule has 0 fully saturated rings. The lowest BCUT2D eigenvalue weighted by Gasteiger charge is -2.23. The van der Waals surface area contributed by atoms with Crippen LogP contribution >= 0.6 is 45.9 Å². The summed E-state index contributed by atoms with van der Waals surface area (Å²) < 4.78 is 0. The number of allylic oxidation sites excluding steroid dienone is 1. The van der Waals surface area contributed by atoms with Gasteiger partial charge >= 0.3 is 0 Å². The number of anilines is 1. The van der Waals surface area contributed by atoms with E-state index in [-0.39, 0.29) is 6.04 Å². The fourth-order valence-corrected chi connectivity index (χ4v) is 4.49. The molecule has 0 aliphatic carbocycles. The van der Waals surface area contributed by atoms with Crippen molar-refractivity contribution >= 4 is 63.4 Å². The van der Waals surface area contributed by atoms with Gasteiger partial charge in [-0.15, -0.1) is 22.7 Å². The number of hydrogen-bond acceptors (Lipinski definition) is 4. The fraction of sp³-hybridized carbons (Fsp3) is 0.105. The normalized spacial score (nSPS) is 17.4. The summed E-state index contributed by atoms with van der Waals surface area (Å²) in [7, 11) is 0. The minimum Gasteiger partial charge on any atom is -0.257 e. The Balaban J connectivity index is 1.67. The van der Waals surface area contributed by atoms with Crippen molar-refractivity contribution < 1.29 is 0 Å². The Labute approximate surface area is 164 Å². The Morgan fingerprint density at radius 2 is 1.84 bits per heavy atom. The molecule has 0 bridgehead atoms. The summed E-state index contributed by atoms with van der Waals surface area (Å²) in [6.45, 7) is 0. The number of hydrazone groups is 1. The van der Waals surface area contributed by atoms with Crippen LogP contribution in [-0.2, 0) is 0 Å². The molecular formula is C19H14Cl2N2S2. The molecule has 0 unspecified atom stereocenters. The number of nitrogens with zero attached hydrogens (tertiary/aromatic N) is 2. The first kappa shape index (κ1) is 16.9. The zero-order chi connectivity index (χ0) is 17.2. The summed E-state index contributed by atoms with van der Waals surface area (Å²) >= 11 is 15.7. The van der Waals surface area contributed by atoms with Gasteiger partial charge in [0.25, 0.3) is 0 Å². The highest BCUT2D eigenvalue weighted by Crippen LogP contribution is 2.39. The van der Waals surface area contributed by atoms with Crippen molar-refractivity contribution in [2.75, 3.05) is 5.01 Å². The molecule has 0 spiro atoms. The van der Waals surface area contributed by atoms with E-state index < -0.39 is 0 Å². The molecule has 6 heteroatoms. The van der Waals surface area contributed by atoms with Crippen molar-refractivity contribution in [1.29, 1.82) is 0 Å². The van der Waals surface area contributed by atoms with E-state index in [1.54, 1.807) is 22.7 Å². The van der Waals surface area contributed by atoms with Crippen LogP contribution in [0.3, 0.4) is 0 Å². The van der Waals surface area contributed by atoms with E-state index in [1.807, 2.05) is 23.2 Å². The standard InChI is InChI=1S/C19H14Cl2N2S2/c20-16-8-6-14(12-17(16)21)23-18(19-4-2-10-25-19)11-13(22-23)5-7-15-3-1-9-24-15/h1-10,12,18H,11H2/b7-5+/t18-/m0/s1. The van der Waals surface area contributed by atoms with Crippen molar-refractivity contribution in [3.05, 3.63) is 79.1 Å². The van der Waals surface area contributed by atoms with Gasteiger partial charge in [-0.05, 0) is 53.2 Å². The van der Waals surface area contributed by atoms with Crippen LogP contribution in [0.5, 0.6) is 0 Å². The first-order chi connectivity index (χ1) is 12.2. The molecule has 0 N–H and O–H groups in total. The zero-order valence-corrected chi connectivity index (χ0v) is 16.2. The topological polar surface area (TPSA) is 15.6 Å². The highest BCUT2D eigenvalue weighted by atomic mass is 35.5. The second-order valence-corrected chi connectivity index (χ2v) is 8.39. The van der Waals surface area contributed by atoms with Crippen molar-refractivity contribution in [3.63, 3.8) is 0 Å². The summed E-state index contributed by atoms with van der Waals surface area (Å²) in [5.74, 6) is 0. The van der Waals surface area contributed by atoms with Gasteiger partial charge < -0.3 is 0 Å². The molecule has 2 nitrogen and oxygen atoms in total. The Morgan fingerprint density at radius 1 is 1.00 bits per heavy atom. The van der Waals surface area contributed by atoms with E-state index in [4.69, 9.17) is 28.3 Å². The van der Waals surface area contributed by atoms with Gasteiger partial charge in [0, 0.05) is 16.2 Å². The lowest BCUT2D eigenvalue weighted by Crippen LogP contribution is -2.17. The maximum absolute atomic E-state index is 6.21. The van der Waals surface area contributed by atoms with Gasteiger partial charge in [-0.3, -0.25) is 5.01 Å². The van der Waals surface area contributed by atoms with Gasteiger partial charge in [-0.1, -0.05) is 35.3 Å². The molecule has 1 aromatic carbocycles. The number of benzene rings is 1. The van der Waals surface area contributed by atoms with Gasteiger partial charge in [0.2, 0.25) is 0 Å². The molecule has 1 aliphatic rings. The van der Waals surface area contributed by atoms with E-state index in [0.29, 0.717) is 10.0 Å². The molecule has 4 rings (SSSR count). The second-order valence-electron chi connectivity index (χ2n) is 5.62. The number of hydrogen-bond donors (Lipinski definition) is 0. The Bertz CT molecular complexity index is 915.